The van der Waals surface area contributed by atoms with Crippen LogP contribution in [0.1, 0.15) is 110 Å². The van der Waals surface area contributed by atoms with E-state index in [9.17, 15) is 4.57 Å². The summed E-state index contributed by atoms with van der Waals surface area (Å²) in [5.74, 6) is 0. The highest BCUT2D eigenvalue weighted by Gasteiger charge is 2.10. The Morgan fingerprint density at radius 3 is 1.09 bits per heavy atom. The second-order valence-electron chi connectivity index (χ2n) is 6.69. The van der Waals surface area contributed by atoms with Crippen LogP contribution in [0.25, 0.3) is 0 Å². The molecule has 4 heteroatoms. The highest BCUT2D eigenvalue weighted by Crippen LogP contribution is 2.35. The Morgan fingerprint density at radius 1 is 0.545 bits per heavy atom. The molecule has 0 fully saturated rings. The third-order valence-electron chi connectivity index (χ3n) is 4.30. The molecule has 0 aromatic carbocycles. The third kappa shape index (κ3) is 20.1. The fourth-order valence-corrected chi connectivity index (χ4v) is 3.50. The number of hydrogen-bond donors (Lipinski definition) is 2. The largest absolute Gasteiger partial charge is 0.325 e. The molecule has 0 aliphatic heterocycles. The molecule has 22 heavy (non-hydrogen) atoms. The molecule has 2 N–H and O–H groups in total. The molecule has 0 aliphatic carbocycles. The fraction of sp³-hybridized carbons (Fsp3) is 1.00. The molecule has 0 aliphatic rings. The fourth-order valence-electron chi connectivity index (χ4n) is 2.87. The lowest BCUT2D eigenvalue weighted by molar-refractivity contribution is 0.370. The normalized spacial score (nSPS) is 12.0. The monoisotopic (exact) mass is 334 g/mol. The van der Waals surface area contributed by atoms with E-state index in [2.05, 4.69) is 6.92 Å². The molecule has 0 rings (SSSR count). The van der Waals surface area contributed by atoms with Gasteiger partial charge in [0.15, 0.2) is 0 Å². The van der Waals surface area contributed by atoms with Crippen molar-refractivity contribution in [3.05, 3.63) is 0 Å². The van der Waals surface area contributed by atoms with Crippen LogP contribution in [0.15, 0.2) is 0 Å². The topological polar surface area (TPSA) is 57.5 Å². The molecular formula is C18H39O3P. The summed E-state index contributed by atoms with van der Waals surface area (Å²) in [6.45, 7) is 2.27. The molecule has 0 heterocycles. The molecule has 0 spiro atoms. The van der Waals surface area contributed by atoms with Gasteiger partial charge >= 0.3 is 7.60 Å². The average molecular weight is 334 g/mol. The average Bonchev–Trinajstić information content (AvgIpc) is 2.45. The van der Waals surface area contributed by atoms with Crippen LogP contribution in [0, 0.1) is 0 Å². The lowest BCUT2D eigenvalue weighted by Gasteiger charge is -2.04. The molecule has 0 radical (unpaired) electrons. The minimum absolute atomic E-state index is 0.0610. The molecule has 0 atom stereocenters. The van der Waals surface area contributed by atoms with Gasteiger partial charge in [0.25, 0.3) is 0 Å². The Labute approximate surface area is 138 Å². The van der Waals surface area contributed by atoms with Crippen molar-refractivity contribution in [1.29, 1.82) is 0 Å². The van der Waals surface area contributed by atoms with E-state index in [0.717, 1.165) is 12.8 Å². The van der Waals surface area contributed by atoms with E-state index < -0.39 is 7.60 Å². The lowest BCUT2D eigenvalue weighted by atomic mass is 10.0. The number of unbranched alkanes of at least 4 members (excludes halogenated alkanes) is 15. The molecule has 0 bridgehead atoms. The zero-order valence-electron chi connectivity index (χ0n) is 14.8. The van der Waals surface area contributed by atoms with Gasteiger partial charge in [-0.3, -0.25) is 4.57 Å². The minimum atomic E-state index is -3.75. The summed E-state index contributed by atoms with van der Waals surface area (Å²) >= 11 is 0. The van der Waals surface area contributed by atoms with Crippen LogP contribution in [0.3, 0.4) is 0 Å². The van der Waals surface area contributed by atoms with Crippen molar-refractivity contribution in [3.8, 4) is 0 Å². The van der Waals surface area contributed by atoms with Crippen LogP contribution in [-0.2, 0) is 4.57 Å². The lowest BCUT2D eigenvalue weighted by Crippen LogP contribution is -1.88. The van der Waals surface area contributed by atoms with Crippen molar-refractivity contribution in [2.45, 2.75) is 110 Å². The first-order valence-corrected chi connectivity index (χ1v) is 11.4. The van der Waals surface area contributed by atoms with Crippen molar-refractivity contribution >= 4 is 7.60 Å². The Bertz CT molecular complexity index is 263. The predicted octanol–water partition coefficient (Wildman–Crippen LogP) is 6.43. The van der Waals surface area contributed by atoms with Gasteiger partial charge in [0.05, 0.1) is 0 Å². The van der Waals surface area contributed by atoms with Gasteiger partial charge in [-0.1, -0.05) is 103 Å². The maximum Gasteiger partial charge on any atom is 0.325 e. The van der Waals surface area contributed by atoms with Gasteiger partial charge in [0, 0.05) is 6.16 Å². The zero-order valence-corrected chi connectivity index (χ0v) is 15.7. The van der Waals surface area contributed by atoms with Crippen molar-refractivity contribution in [3.63, 3.8) is 0 Å². The van der Waals surface area contributed by atoms with E-state index in [1.165, 1.54) is 83.5 Å². The Balaban J connectivity index is 3.01. The van der Waals surface area contributed by atoms with Crippen molar-refractivity contribution in [2.24, 2.45) is 0 Å². The second-order valence-corrected chi connectivity index (χ2v) is 8.47. The van der Waals surface area contributed by atoms with Gasteiger partial charge in [-0.05, 0) is 6.42 Å². The summed E-state index contributed by atoms with van der Waals surface area (Å²) in [6, 6.07) is 0. The summed E-state index contributed by atoms with van der Waals surface area (Å²) in [6.07, 6.45) is 20.6. The van der Waals surface area contributed by atoms with Gasteiger partial charge in [-0.15, -0.1) is 0 Å². The molecule has 3 nitrogen and oxygen atoms in total. The first-order valence-electron chi connectivity index (χ1n) is 9.61. The van der Waals surface area contributed by atoms with E-state index in [4.69, 9.17) is 9.79 Å². The minimum Gasteiger partial charge on any atom is -0.324 e. The van der Waals surface area contributed by atoms with Crippen molar-refractivity contribution in [2.75, 3.05) is 6.16 Å². The van der Waals surface area contributed by atoms with Gasteiger partial charge in [0.1, 0.15) is 0 Å². The molecular weight excluding hydrogens is 295 g/mol. The molecule has 0 amide bonds. The first-order chi connectivity index (χ1) is 10.6. The van der Waals surface area contributed by atoms with Crippen LogP contribution < -0.4 is 0 Å². The van der Waals surface area contributed by atoms with Gasteiger partial charge in [-0.25, -0.2) is 0 Å². The molecule has 0 aromatic heterocycles. The van der Waals surface area contributed by atoms with E-state index in [1.807, 2.05) is 0 Å². The molecule has 0 aromatic rings. The van der Waals surface area contributed by atoms with Gasteiger partial charge in [-0.2, -0.15) is 0 Å². The zero-order chi connectivity index (χ0) is 16.5. The molecule has 0 saturated carbocycles. The summed E-state index contributed by atoms with van der Waals surface area (Å²) in [5, 5.41) is 0. The predicted molar refractivity (Wildman–Crippen MR) is 96.5 cm³/mol. The van der Waals surface area contributed by atoms with E-state index in [0.29, 0.717) is 6.42 Å². The SMILES string of the molecule is CCCCCCCCCCCCCCCCCCP(=O)(O)O. The Hall–Kier alpha value is 0.150. The highest BCUT2D eigenvalue weighted by molar-refractivity contribution is 7.51. The van der Waals surface area contributed by atoms with Crippen molar-refractivity contribution < 1.29 is 14.4 Å². The maximum atomic E-state index is 10.7. The summed E-state index contributed by atoms with van der Waals surface area (Å²) in [4.78, 5) is 17.5. The number of rotatable bonds is 17. The summed E-state index contributed by atoms with van der Waals surface area (Å²) in [7, 11) is -3.75. The van der Waals surface area contributed by atoms with Gasteiger partial charge in [0.2, 0.25) is 0 Å². The Kier molecular flexibility index (Phi) is 16.1. The first kappa shape index (κ1) is 22.1. The molecule has 0 unspecified atom stereocenters. The van der Waals surface area contributed by atoms with E-state index in [-0.39, 0.29) is 6.16 Å². The third-order valence-corrected chi connectivity index (χ3v) is 5.20. The van der Waals surface area contributed by atoms with E-state index in [1.54, 1.807) is 0 Å². The summed E-state index contributed by atoms with van der Waals surface area (Å²) < 4.78 is 10.7. The number of hydrogen-bond acceptors (Lipinski definition) is 1. The van der Waals surface area contributed by atoms with Crippen LogP contribution >= 0.6 is 7.60 Å². The summed E-state index contributed by atoms with van der Waals surface area (Å²) in [5.41, 5.74) is 0. The smallest absolute Gasteiger partial charge is 0.324 e. The van der Waals surface area contributed by atoms with Crippen LogP contribution in [-0.4, -0.2) is 15.9 Å². The second kappa shape index (κ2) is 16.0. The molecule has 134 valence electrons. The van der Waals surface area contributed by atoms with Crippen LogP contribution in [0.2, 0.25) is 0 Å². The van der Waals surface area contributed by atoms with Crippen molar-refractivity contribution in [1.82, 2.24) is 0 Å². The van der Waals surface area contributed by atoms with Crippen LogP contribution in [0.5, 0.6) is 0 Å². The molecule has 0 saturated heterocycles. The van der Waals surface area contributed by atoms with E-state index >= 15 is 0 Å². The quantitative estimate of drug-likeness (QED) is 0.238. The maximum absolute atomic E-state index is 10.7. The van der Waals surface area contributed by atoms with Gasteiger partial charge < -0.3 is 9.79 Å². The Morgan fingerprint density at radius 2 is 0.818 bits per heavy atom. The standard InChI is InChI=1S/C18H39O3P/c1-2-3-4-5-6-7-8-9-10-11-12-13-14-15-16-17-18-22(19,20)21/h2-18H2,1H3,(H2,19,20,21). The van der Waals surface area contributed by atoms with Crippen LogP contribution in [0.4, 0.5) is 0 Å². The highest BCUT2D eigenvalue weighted by atomic mass is 31.2.